The molecule has 9 N–H and O–H groups in total. The van der Waals surface area contributed by atoms with Gasteiger partial charge in [0.25, 0.3) is 10.1 Å². The van der Waals surface area contributed by atoms with Gasteiger partial charge >= 0.3 is 21.8 Å². The molecule has 5 saturated heterocycles. The molecule has 0 bridgehead atoms. The molecule has 1 unspecified atom stereocenters. The van der Waals surface area contributed by atoms with Gasteiger partial charge in [0.15, 0.2) is 32.0 Å². The first kappa shape index (κ1) is 117. The Balaban J connectivity index is 0.000000267. The summed E-state index contributed by atoms with van der Waals surface area (Å²) in [4.78, 5) is 10.2. The first-order valence-corrected chi connectivity index (χ1v) is 53.1. The third kappa shape index (κ3) is 50.0. The van der Waals surface area contributed by atoms with Crippen molar-refractivity contribution in [3.8, 4) is 0 Å². The molecule has 133 heavy (non-hydrogen) atoms. The van der Waals surface area contributed by atoms with Gasteiger partial charge in [-0.3, -0.25) is 12.5 Å². The highest BCUT2D eigenvalue weighted by atomic mass is 127. The number of hydrogen-bond donors (Lipinski definition) is 9. The second kappa shape index (κ2) is 63.7. The maximum Gasteiger partial charge on any atom is 0.400 e. The Labute approximate surface area is 806 Å². The van der Waals surface area contributed by atoms with Gasteiger partial charge in [-0.15, -0.1) is 0 Å². The number of halogens is 1. The largest absolute Gasteiger partial charge is 0.413 e. The van der Waals surface area contributed by atoms with Crippen molar-refractivity contribution in [1.29, 1.82) is 0 Å². The lowest BCUT2D eigenvalue weighted by Crippen LogP contribution is -2.46. The summed E-state index contributed by atoms with van der Waals surface area (Å²) in [5.41, 5.74) is 9.70. The van der Waals surface area contributed by atoms with Crippen LogP contribution in [0.2, 0.25) is 18.1 Å². The third-order valence-electron chi connectivity index (χ3n) is 21.4. The molecule has 32 heteroatoms. The number of benzene rings is 8. The van der Waals surface area contributed by atoms with Crippen molar-refractivity contribution in [1.82, 2.24) is 0 Å². The lowest BCUT2D eigenvalue weighted by Gasteiger charge is -2.32. The van der Waals surface area contributed by atoms with Gasteiger partial charge < -0.3 is 83.6 Å². The van der Waals surface area contributed by atoms with Crippen LogP contribution in [-0.2, 0) is 129 Å². The van der Waals surface area contributed by atoms with Crippen LogP contribution < -0.4 is 0 Å². The second-order valence-electron chi connectivity index (χ2n) is 33.5. The smallest absolute Gasteiger partial charge is 0.400 e. The summed E-state index contributed by atoms with van der Waals surface area (Å²) in [6.07, 6.45) is 7.33. The highest BCUT2D eigenvalue weighted by molar-refractivity contribution is 14.1. The molecule has 0 spiro atoms. The number of hydrogen-bond acceptors (Lipinski definition) is 27. The minimum Gasteiger partial charge on any atom is -0.413 e. The van der Waals surface area contributed by atoms with E-state index in [1.54, 1.807) is 26.0 Å². The summed E-state index contributed by atoms with van der Waals surface area (Å²) in [5, 5.41) is 79.7. The van der Waals surface area contributed by atoms with Gasteiger partial charge in [-0.1, -0.05) is 286 Å². The number of aryl methyl sites for hydroxylation is 7. The Morgan fingerprint density at radius 1 is 0.481 bits per heavy atom. The van der Waals surface area contributed by atoms with Crippen molar-refractivity contribution in [3.05, 3.63) is 287 Å². The number of aldehydes is 1. The zero-order chi connectivity index (χ0) is 97.6. The molecule has 5 heterocycles. The van der Waals surface area contributed by atoms with E-state index in [1.165, 1.54) is 63.6 Å². The predicted octanol–water partition coefficient (Wildman–Crippen LogP) is 14.4. The summed E-state index contributed by atoms with van der Waals surface area (Å²) >= 11 is 0.968. The fourth-order valence-electron chi connectivity index (χ4n) is 13.4. The molecule has 5 aliphatic rings. The Bertz CT molecular complexity index is 4620. The lowest BCUT2D eigenvalue weighted by molar-refractivity contribution is -0.145. The van der Waals surface area contributed by atoms with Crippen LogP contribution in [0.25, 0.3) is 6.08 Å². The van der Waals surface area contributed by atoms with Crippen molar-refractivity contribution in [2.45, 2.75) is 260 Å². The first-order valence-electron chi connectivity index (χ1n) is 45.3. The van der Waals surface area contributed by atoms with Crippen molar-refractivity contribution >= 4 is 75.1 Å². The quantitative estimate of drug-likeness (QED) is 0.00574. The number of aliphatic hydroxyl groups is 9. The molecule has 5 aliphatic heterocycles. The summed E-state index contributed by atoms with van der Waals surface area (Å²) in [6.45, 7) is 20.7. The molecule has 8 aromatic carbocycles. The van der Waals surface area contributed by atoms with E-state index < -0.39 is 102 Å². The first-order chi connectivity index (χ1) is 63.5. The van der Waals surface area contributed by atoms with Gasteiger partial charge in [0, 0.05) is 4.43 Å². The fraction of sp³-hybridized carbons (Fsp3) is 0.495. The average Bonchev–Trinajstić information content (AvgIpc) is 1.83. The van der Waals surface area contributed by atoms with Crippen molar-refractivity contribution < 1.29 is 126 Å². The standard InChI is InChI=1S/C17H20O4S.C16H27IOSi.C13H18O2.C13H16O2.C10H12O4S.C10H12O3S.C10H14O2.C6H14O6.C6H10O3/c1-14-7-11-17(12-8-14)22(19,20)21-13-16(18)10-9-15-5-3-2-4-6-15;1-4-19(5-2,6-3)18-16(14-17)13-12-15-10-8-7-9-11-15;2*1-13(2)14-10-12(15-13)9-8-11-6-4-3-5-7-11;11-15(12)13-8-10(14-15)7-6-9-4-2-1-3-5-9;11-14-12-8-10(13-14)7-6-9-4-2-1-3-5-9;11-8-10(12)7-6-9-4-2-1-3-5-9;7-1-3(9)5(11)6(12)4(10)2-8;1-6(2)8-4-5(3-7)9-6/h2-8,11-12,16,18H,9-10,13H2,1H3;7-11,16H,4-6,12-14H2,1-3H3;3-7,12H,8-10H2,1-2H3;3-9,12H,10H2,1-2H3;1-5,10H,6-8H2;1-5,10H,6-8H2;1-5,10-12H,6-8H2;3-12H,1-2H2;3,5H,4H2,1-2H3/t2*16-;2*12-;10-;10-,14?;10-;3-,4-,5-,6-;5-/m000000010/s1. The van der Waals surface area contributed by atoms with Crippen LogP contribution in [0.1, 0.15) is 145 Å². The zero-order valence-electron chi connectivity index (χ0n) is 78.3. The molecule has 0 aromatic heterocycles. The Morgan fingerprint density at radius 2 is 0.865 bits per heavy atom. The van der Waals surface area contributed by atoms with Gasteiger partial charge in [0.05, 0.1) is 88.8 Å². The summed E-state index contributed by atoms with van der Waals surface area (Å²) in [5.74, 6) is -1.39. The topological polar surface area (TPSA) is 395 Å². The molecular weight excluding hydrogens is 1900 g/mol. The molecular formula is C101H143IO27S3Si. The van der Waals surface area contributed by atoms with Crippen LogP contribution in [0.4, 0.5) is 0 Å². The summed E-state index contributed by atoms with van der Waals surface area (Å²) < 4.78 is 121. The monoisotopic (exact) mass is 2040 g/mol. The molecule has 27 nitrogen and oxygen atoms in total. The van der Waals surface area contributed by atoms with Crippen molar-refractivity contribution in [2.24, 2.45) is 0 Å². The van der Waals surface area contributed by atoms with Gasteiger partial charge in [0.1, 0.15) is 48.8 Å². The molecule has 13 atom stereocenters. The van der Waals surface area contributed by atoms with Crippen molar-refractivity contribution in [3.63, 3.8) is 0 Å². The molecule has 5 fully saturated rings. The number of ether oxygens (including phenoxy) is 6. The Hall–Kier alpha value is -6.67. The van der Waals surface area contributed by atoms with E-state index in [0.717, 1.165) is 79.8 Å². The second-order valence-corrected chi connectivity index (χ2v) is 42.8. The number of carbonyl (C=O) groups is 1. The molecule has 13 rings (SSSR count). The van der Waals surface area contributed by atoms with E-state index >= 15 is 0 Å². The highest BCUT2D eigenvalue weighted by Crippen LogP contribution is 2.29. The molecule has 738 valence electrons. The molecule has 0 aliphatic carbocycles. The number of carbonyl (C=O) groups excluding carboxylic acids is 1. The fourth-order valence-corrected chi connectivity index (χ4v) is 19.7. The molecule has 8 aromatic rings. The minimum atomic E-state index is -3.82. The number of aliphatic hydroxyl groups excluding tert-OH is 9. The Morgan fingerprint density at radius 3 is 1.21 bits per heavy atom. The maximum absolute atomic E-state index is 12.0. The van der Waals surface area contributed by atoms with Crippen LogP contribution in [0.5, 0.6) is 0 Å². The summed E-state index contributed by atoms with van der Waals surface area (Å²) in [6, 6.07) is 81.3. The van der Waals surface area contributed by atoms with E-state index in [4.69, 9.17) is 90.4 Å². The van der Waals surface area contributed by atoms with E-state index in [9.17, 15) is 30.9 Å². The summed E-state index contributed by atoms with van der Waals surface area (Å²) in [7, 11) is -8.96. The van der Waals surface area contributed by atoms with Gasteiger partial charge in [-0.05, 0) is 195 Å². The third-order valence-corrected chi connectivity index (χ3v) is 30.0. The maximum atomic E-state index is 12.0. The average molecular weight is 2040 g/mol. The van der Waals surface area contributed by atoms with Gasteiger partial charge in [-0.2, -0.15) is 21.0 Å². The molecule has 0 radical (unpaired) electrons. The zero-order valence-corrected chi connectivity index (χ0v) is 83.9. The van der Waals surface area contributed by atoms with Crippen LogP contribution in [-0.4, -0.2) is 236 Å². The number of rotatable bonds is 37. The van der Waals surface area contributed by atoms with Gasteiger partial charge in [0.2, 0.25) is 0 Å². The number of alkyl halides is 1. The van der Waals surface area contributed by atoms with Crippen LogP contribution in [0.15, 0.2) is 248 Å². The highest BCUT2D eigenvalue weighted by Gasteiger charge is 2.36. The van der Waals surface area contributed by atoms with E-state index in [1.807, 2.05) is 174 Å². The van der Waals surface area contributed by atoms with Crippen LogP contribution >= 0.6 is 22.6 Å². The Kier molecular flexibility index (Phi) is 56.0. The lowest BCUT2D eigenvalue weighted by atomic mass is 10.0. The van der Waals surface area contributed by atoms with E-state index in [2.05, 4.69) is 132 Å². The minimum absolute atomic E-state index is 0.0176. The normalized spacial score (nSPS) is 20.4. The SMILES string of the molecule is CC1(C)OC[C@H](C=Cc2ccccc2)O1.CC1(C)OC[C@H](C=O)O1.CC1(C)OC[C@H](CCc2ccccc2)O1.CC[Si](CC)(CC)O[C@H](CI)CCc1ccccc1.Cc1ccc(S(=O)(=O)OC[C@@H](O)CCc2ccccc2)cc1.O=S1(=O)OC[C@H](CCc2ccccc2)O1.O=S1OC[C@H](CCc2ccccc2)O1.OC[C@@H](O)CCc1ccccc1.OC[C@@H](O)[C@@H](O)[C@H](O)[C@H](O)CO. The van der Waals surface area contributed by atoms with Crippen molar-refractivity contribution in [2.75, 3.05) is 63.9 Å². The van der Waals surface area contributed by atoms with E-state index in [0.29, 0.717) is 51.6 Å². The van der Waals surface area contributed by atoms with Crippen LogP contribution in [0, 0.1) is 6.92 Å². The molecule has 0 amide bonds. The predicted molar refractivity (Wildman–Crippen MR) is 526 cm³/mol. The van der Waals surface area contributed by atoms with E-state index in [-0.39, 0.29) is 61.0 Å². The molecule has 0 saturated carbocycles. The van der Waals surface area contributed by atoms with Crippen LogP contribution in [0.3, 0.4) is 0 Å². The van der Waals surface area contributed by atoms with Gasteiger partial charge in [-0.25, -0.2) is 8.37 Å².